The third kappa shape index (κ3) is 4.25. The van der Waals surface area contributed by atoms with Crippen LogP contribution in [-0.2, 0) is 6.54 Å². The summed E-state index contributed by atoms with van der Waals surface area (Å²) in [4.78, 5) is 3.96. The van der Waals surface area contributed by atoms with Crippen molar-refractivity contribution in [1.82, 2.24) is 14.8 Å². The Morgan fingerprint density at radius 2 is 2.00 bits per heavy atom. The zero-order valence-corrected chi connectivity index (χ0v) is 11.4. The summed E-state index contributed by atoms with van der Waals surface area (Å²) < 4.78 is 14.4. The van der Waals surface area contributed by atoms with Gasteiger partial charge in [0.2, 0.25) is 0 Å². The van der Waals surface area contributed by atoms with E-state index in [-0.39, 0.29) is 36.7 Å². The minimum Gasteiger partial charge on any atom is -0.326 e. The summed E-state index contributed by atoms with van der Waals surface area (Å²) in [5.74, 6) is -0.348. The summed E-state index contributed by atoms with van der Waals surface area (Å²) in [7, 11) is 0. The van der Waals surface area contributed by atoms with Crippen molar-refractivity contribution >= 4 is 24.8 Å². The monoisotopic (exact) mass is 292 g/mol. The van der Waals surface area contributed by atoms with Crippen molar-refractivity contribution in [3.05, 3.63) is 36.4 Å². The molecule has 0 aliphatic carbocycles. The van der Waals surface area contributed by atoms with Crippen LogP contribution < -0.4 is 5.73 Å². The fourth-order valence-electron chi connectivity index (χ4n) is 1.42. The lowest BCUT2D eigenvalue weighted by atomic mass is 10.3. The smallest absolute Gasteiger partial charge is 0.141 e. The SMILES string of the molecule is C[C@H](N)Cn1ccc(-c2ccc(F)cn2)n1.Cl.Cl. The Morgan fingerprint density at radius 3 is 2.56 bits per heavy atom. The molecule has 0 fully saturated rings. The predicted molar refractivity (Wildman–Crippen MR) is 73.6 cm³/mol. The van der Waals surface area contributed by atoms with E-state index in [2.05, 4.69) is 10.1 Å². The van der Waals surface area contributed by atoms with E-state index in [4.69, 9.17) is 5.73 Å². The van der Waals surface area contributed by atoms with Gasteiger partial charge in [0, 0.05) is 12.2 Å². The van der Waals surface area contributed by atoms with Gasteiger partial charge in [-0.3, -0.25) is 9.67 Å². The molecule has 0 saturated heterocycles. The molecule has 0 aromatic carbocycles. The van der Waals surface area contributed by atoms with Crippen LogP contribution in [0.15, 0.2) is 30.6 Å². The van der Waals surface area contributed by atoms with Gasteiger partial charge in [0.15, 0.2) is 0 Å². The first-order chi connectivity index (χ1) is 7.65. The van der Waals surface area contributed by atoms with Gasteiger partial charge in [-0.15, -0.1) is 24.8 Å². The normalized spacial score (nSPS) is 11.3. The quantitative estimate of drug-likeness (QED) is 0.944. The minimum atomic E-state index is -0.348. The van der Waals surface area contributed by atoms with Gasteiger partial charge in [-0.2, -0.15) is 5.10 Å². The Balaban J connectivity index is 0.00000144. The maximum Gasteiger partial charge on any atom is 0.141 e. The van der Waals surface area contributed by atoms with Crippen LogP contribution >= 0.6 is 24.8 Å². The Bertz CT molecular complexity index is 470. The first-order valence-corrected chi connectivity index (χ1v) is 5.06. The van der Waals surface area contributed by atoms with E-state index >= 15 is 0 Å². The van der Waals surface area contributed by atoms with Crippen molar-refractivity contribution in [3.63, 3.8) is 0 Å². The Morgan fingerprint density at radius 1 is 1.28 bits per heavy atom. The van der Waals surface area contributed by atoms with E-state index in [1.165, 1.54) is 12.3 Å². The second kappa shape index (κ2) is 7.31. The van der Waals surface area contributed by atoms with Crippen molar-refractivity contribution in [2.45, 2.75) is 19.5 Å². The third-order valence-corrected chi connectivity index (χ3v) is 2.11. The van der Waals surface area contributed by atoms with Gasteiger partial charge in [-0.05, 0) is 25.1 Å². The van der Waals surface area contributed by atoms with Crippen LogP contribution in [0.2, 0.25) is 0 Å². The summed E-state index contributed by atoms with van der Waals surface area (Å²) in [6.45, 7) is 2.57. The molecule has 7 heteroatoms. The maximum atomic E-state index is 12.7. The highest BCUT2D eigenvalue weighted by molar-refractivity contribution is 5.85. The molecule has 2 rings (SSSR count). The number of nitrogens with two attached hydrogens (primary N) is 1. The lowest BCUT2D eigenvalue weighted by Crippen LogP contribution is -2.22. The van der Waals surface area contributed by atoms with Crippen LogP contribution in [0.4, 0.5) is 4.39 Å². The minimum absolute atomic E-state index is 0. The number of nitrogens with zero attached hydrogens (tertiary/aromatic N) is 3. The second-order valence-corrected chi connectivity index (χ2v) is 3.76. The molecule has 4 nitrogen and oxygen atoms in total. The first kappa shape index (κ1) is 16.8. The highest BCUT2D eigenvalue weighted by Crippen LogP contribution is 2.13. The predicted octanol–water partition coefficient (Wildman–Crippen LogP) is 2.28. The van der Waals surface area contributed by atoms with Crippen LogP contribution in [0.25, 0.3) is 11.4 Å². The molecule has 0 aliphatic rings. The molecule has 100 valence electrons. The van der Waals surface area contributed by atoms with Gasteiger partial charge < -0.3 is 5.73 Å². The standard InChI is InChI=1S/C11H13FN4.2ClH/c1-8(13)7-16-5-4-11(15-16)10-3-2-9(12)6-14-10;;/h2-6,8H,7,13H2,1H3;2*1H/t8-;;/m0../s1. The van der Waals surface area contributed by atoms with Crippen LogP contribution in [0, 0.1) is 5.82 Å². The lowest BCUT2D eigenvalue weighted by molar-refractivity contribution is 0.539. The number of halogens is 3. The summed E-state index contributed by atoms with van der Waals surface area (Å²) >= 11 is 0. The van der Waals surface area contributed by atoms with E-state index < -0.39 is 0 Å². The van der Waals surface area contributed by atoms with Gasteiger partial charge in [0.1, 0.15) is 11.5 Å². The maximum absolute atomic E-state index is 12.7. The molecular weight excluding hydrogens is 278 g/mol. The van der Waals surface area contributed by atoms with E-state index in [9.17, 15) is 4.39 Å². The Kier molecular flexibility index (Phi) is 6.83. The number of aromatic nitrogens is 3. The number of hydrogen-bond donors (Lipinski definition) is 1. The lowest BCUT2D eigenvalue weighted by Gasteiger charge is -2.03. The molecule has 2 aromatic rings. The highest BCUT2D eigenvalue weighted by atomic mass is 35.5. The van der Waals surface area contributed by atoms with Crippen molar-refractivity contribution < 1.29 is 4.39 Å². The molecule has 18 heavy (non-hydrogen) atoms. The Labute approximate surface area is 117 Å². The summed E-state index contributed by atoms with van der Waals surface area (Å²) in [6, 6.07) is 4.86. The fraction of sp³-hybridized carbons (Fsp3) is 0.273. The molecule has 0 bridgehead atoms. The van der Waals surface area contributed by atoms with Crippen LogP contribution in [0.1, 0.15) is 6.92 Å². The average molecular weight is 293 g/mol. The van der Waals surface area contributed by atoms with E-state index in [0.717, 1.165) is 5.69 Å². The average Bonchev–Trinajstić information content (AvgIpc) is 2.66. The molecule has 0 radical (unpaired) electrons. The van der Waals surface area contributed by atoms with E-state index in [1.807, 2.05) is 19.2 Å². The fourth-order valence-corrected chi connectivity index (χ4v) is 1.42. The first-order valence-electron chi connectivity index (χ1n) is 5.06. The van der Waals surface area contributed by atoms with Gasteiger partial charge in [0.05, 0.1) is 18.4 Å². The van der Waals surface area contributed by atoms with Crippen molar-refractivity contribution in [2.24, 2.45) is 5.73 Å². The topological polar surface area (TPSA) is 56.7 Å². The van der Waals surface area contributed by atoms with E-state index in [1.54, 1.807) is 10.7 Å². The largest absolute Gasteiger partial charge is 0.326 e. The van der Waals surface area contributed by atoms with Crippen LogP contribution in [0.3, 0.4) is 0 Å². The van der Waals surface area contributed by atoms with Crippen molar-refractivity contribution in [1.29, 1.82) is 0 Å². The zero-order chi connectivity index (χ0) is 11.5. The van der Waals surface area contributed by atoms with Crippen molar-refractivity contribution in [2.75, 3.05) is 0 Å². The molecule has 0 spiro atoms. The molecule has 2 N–H and O–H groups in total. The Hall–Kier alpha value is -1.17. The van der Waals surface area contributed by atoms with Gasteiger partial charge in [-0.25, -0.2) is 4.39 Å². The molecule has 2 aromatic heterocycles. The highest BCUT2D eigenvalue weighted by Gasteiger charge is 2.04. The number of rotatable bonds is 3. The van der Waals surface area contributed by atoms with Gasteiger partial charge in [-0.1, -0.05) is 0 Å². The zero-order valence-electron chi connectivity index (χ0n) is 9.78. The number of pyridine rings is 1. The molecule has 1 atom stereocenters. The van der Waals surface area contributed by atoms with Crippen LogP contribution in [-0.4, -0.2) is 20.8 Å². The third-order valence-electron chi connectivity index (χ3n) is 2.11. The molecule has 0 aliphatic heterocycles. The molecule has 0 amide bonds. The second-order valence-electron chi connectivity index (χ2n) is 3.76. The van der Waals surface area contributed by atoms with Gasteiger partial charge >= 0.3 is 0 Å². The molecule has 0 unspecified atom stereocenters. The summed E-state index contributed by atoms with van der Waals surface area (Å²) in [5.41, 5.74) is 7.05. The number of hydrogen-bond acceptors (Lipinski definition) is 3. The summed E-state index contributed by atoms with van der Waals surface area (Å²) in [5, 5.41) is 4.30. The molecule has 2 heterocycles. The molecule has 0 saturated carbocycles. The van der Waals surface area contributed by atoms with Crippen LogP contribution in [0.5, 0.6) is 0 Å². The molecular formula is C11H15Cl2FN4. The van der Waals surface area contributed by atoms with Gasteiger partial charge in [0.25, 0.3) is 0 Å². The van der Waals surface area contributed by atoms with E-state index in [0.29, 0.717) is 12.2 Å². The van der Waals surface area contributed by atoms with Crippen molar-refractivity contribution in [3.8, 4) is 11.4 Å². The summed E-state index contributed by atoms with van der Waals surface area (Å²) in [6.07, 6.45) is 3.02.